The van der Waals surface area contributed by atoms with Gasteiger partial charge in [-0.2, -0.15) is 0 Å². The molecule has 7 nitrogen and oxygen atoms in total. The van der Waals surface area contributed by atoms with Crippen molar-refractivity contribution in [1.29, 1.82) is 0 Å². The fraction of sp³-hybridized carbons (Fsp3) is 0.367. The zero-order valence-corrected chi connectivity index (χ0v) is 22.5. The van der Waals surface area contributed by atoms with E-state index < -0.39 is 24.0 Å². The van der Waals surface area contributed by atoms with E-state index in [1.807, 2.05) is 74.5 Å². The van der Waals surface area contributed by atoms with E-state index >= 15 is 0 Å². The summed E-state index contributed by atoms with van der Waals surface area (Å²) in [6.07, 6.45) is 1.24. The fourth-order valence-electron chi connectivity index (χ4n) is 5.99. The molecular weight excluding hydrogens is 498 g/mol. The van der Waals surface area contributed by atoms with Crippen LogP contribution in [0.15, 0.2) is 72.1 Å². The lowest BCUT2D eigenvalue weighted by atomic mass is 9.88. The van der Waals surface area contributed by atoms with E-state index in [4.69, 9.17) is 0 Å². The van der Waals surface area contributed by atoms with Crippen LogP contribution in [0, 0.1) is 6.92 Å². The molecule has 3 atom stereocenters. The number of carbonyl (C=O) groups is 3. The summed E-state index contributed by atoms with van der Waals surface area (Å²) in [6, 6.07) is 19.1. The summed E-state index contributed by atoms with van der Waals surface area (Å²) in [7, 11) is 0. The van der Waals surface area contributed by atoms with E-state index in [0.29, 0.717) is 25.9 Å². The standard InChI is InChI=1S/C30H33N3O4S/c1-3-31(17-21-16-20(2)38-19-21)30(37)33-24-14-15-25(33)27(29(35)36)32(18-24)28(34)26(22-10-6-4-7-11-22)23-12-8-5-9-13-23/h4-13,16,19,24-27H,3,14-15,17-18H2,1-2H3,(H,35,36)/t24-,25+,27-/m0/s1. The normalized spacial score (nSPS) is 20.6. The van der Waals surface area contributed by atoms with Crippen molar-refractivity contribution in [3.63, 3.8) is 0 Å². The topological polar surface area (TPSA) is 81.2 Å². The number of hydrogen-bond acceptors (Lipinski definition) is 4. The molecule has 198 valence electrons. The first-order chi connectivity index (χ1) is 18.4. The van der Waals surface area contributed by atoms with Gasteiger partial charge in [-0.25, -0.2) is 9.59 Å². The number of urea groups is 1. The number of amides is 3. The molecule has 1 N–H and O–H groups in total. The molecule has 0 spiro atoms. The highest BCUT2D eigenvalue weighted by Gasteiger charge is 2.54. The van der Waals surface area contributed by atoms with Crippen molar-refractivity contribution in [1.82, 2.24) is 14.7 Å². The predicted octanol–water partition coefficient (Wildman–Crippen LogP) is 4.96. The average molecular weight is 532 g/mol. The highest BCUT2D eigenvalue weighted by molar-refractivity contribution is 7.10. The molecular formula is C30H33N3O4S. The third kappa shape index (κ3) is 4.92. The van der Waals surface area contributed by atoms with E-state index in [-0.39, 0.29) is 24.5 Å². The van der Waals surface area contributed by atoms with Crippen molar-refractivity contribution in [3.05, 3.63) is 93.7 Å². The Morgan fingerprint density at radius 2 is 1.66 bits per heavy atom. The van der Waals surface area contributed by atoms with E-state index in [1.54, 1.807) is 21.1 Å². The number of nitrogens with zero attached hydrogens (tertiary/aromatic N) is 3. The van der Waals surface area contributed by atoms with Crippen LogP contribution in [0.2, 0.25) is 0 Å². The Bertz CT molecular complexity index is 1260. The Morgan fingerprint density at radius 1 is 1.03 bits per heavy atom. The smallest absolute Gasteiger partial charge is 0.328 e. The zero-order chi connectivity index (χ0) is 26.8. The second-order valence-corrected chi connectivity index (χ2v) is 11.2. The summed E-state index contributed by atoms with van der Waals surface area (Å²) in [5, 5.41) is 12.4. The molecule has 0 radical (unpaired) electrons. The molecule has 5 rings (SSSR count). The molecule has 0 saturated carbocycles. The van der Waals surface area contributed by atoms with Crippen LogP contribution in [0.3, 0.4) is 0 Å². The quantitative estimate of drug-likeness (QED) is 0.467. The minimum Gasteiger partial charge on any atom is -0.480 e. The molecule has 3 heterocycles. The second kappa shape index (κ2) is 11.0. The lowest BCUT2D eigenvalue weighted by molar-refractivity contribution is -0.156. The number of carboxylic acids is 1. The maximum atomic E-state index is 14.2. The summed E-state index contributed by atoms with van der Waals surface area (Å²) >= 11 is 1.65. The number of carboxylic acid groups (broad SMARTS) is 1. The monoisotopic (exact) mass is 531 g/mol. The molecule has 0 unspecified atom stereocenters. The largest absolute Gasteiger partial charge is 0.480 e. The molecule has 2 aromatic carbocycles. The van der Waals surface area contributed by atoms with E-state index in [9.17, 15) is 19.5 Å². The fourth-order valence-corrected chi connectivity index (χ4v) is 6.69. The number of rotatable bonds is 7. The van der Waals surface area contributed by atoms with Gasteiger partial charge in [0, 0.05) is 24.5 Å². The Balaban J connectivity index is 1.44. The molecule has 3 amide bonds. The molecule has 2 bridgehead atoms. The van der Waals surface area contributed by atoms with Crippen LogP contribution in [0.5, 0.6) is 0 Å². The van der Waals surface area contributed by atoms with Gasteiger partial charge >= 0.3 is 12.0 Å². The number of likely N-dealkylation sites (tertiary alicyclic amines) is 1. The summed E-state index contributed by atoms with van der Waals surface area (Å²) in [6.45, 7) is 5.20. The van der Waals surface area contributed by atoms with E-state index in [0.717, 1.165) is 16.7 Å². The summed E-state index contributed by atoms with van der Waals surface area (Å²) < 4.78 is 0. The van der Waals surface area contributed by atoms with Crippen molar-refractivity contribution in [2.75, 3.05) is 13.1 Å². The van der Waals surface area contributed by atoms with Crippen molar-refractivity contribution in [2.24, 2.45) is 0 Å². The number of benzene rings is 2. The Morgan fingerprint density at radius 3 is 2.18 bits per heavy atom. The third-order valence-corrected chi connectivity index (χ3v) is 8.64. The van der Waals surface area contributed by atoms with Crippen molar-refractivity contribution in [2.45, 2.75) is 57.3 Å². The van der Waals surface area contributed by atoms with Crippen LogP contribution in [0.1, 0.15) is 47.3 Å². The van der Waals surface area contributed by atoms with Crippen LogP contribution in [-0.2, 0) is 16.1 Å². The summed E-state index contributed by atoms with van der Waals surface area (Å²) in [4.78, 5) is 46.9. The number of piperazine rings is 1. The van der Waals surface area contributed by atoms with Gasteiger partial charge in [0.25, 0.3) is 0 Å². The van der Waals surface area contributed by atoms with Gasteiger partial charge in [-0.3, -0.25) is 4.79 Å². The number of aryl methyl sites for hydroxylation is 1. The van der Waals surface area contributed by atoms with E-state index in [2.05, 4.69) is 11.4 Å². The lowest BCUT2D eigenvalue weighted by Gasteiger charge is -2.47. The van der Waals surface area contributed by atoms with Gasteiger partial charge < -0.3 is 19.8 Å². The van der Waals surface area contributed by atoms with Crippen LogP contribution in [0.4, 0.5) is 4.79 Å². The number of carbonyl (C=O) groups excluding carboxylic acids is 2. The molecule has 3 aromatic rings. The van der Waals surface area contributed by atoms with Gasteiger partial charge in [0.15, 0.2) is 0 Å². The van der Waals surface area contributed by atoms with Gasteiger partial charge in [0.2, 0.25) is 5.91 Å². The molecule has 38 heavy (non-hydrogen) atoms. The number of hydrogen-bond donors (Lipinski definition) is 1. The van der Waals surface area contributed by atoms with Gasteiger partial charge in [0.05, 0.1) is 18.0 Å². The Kier molecular flexibility index (Phi) is 7.51. The SMILES string of the molecule is CCN(Cc1csc(C)c1)C(=O)N1[C@H]2CC[C@@H]1[C@@H](C(=O)O)N(C(=O)C(c1ccccc1)c1ccccc1)C2. The van der Waals surface area contributed by atoms with Gasteiger partial charge in [-0.15, -0.1) is 11.3 Å². The molecule has 8 heteroatoms. The Labute approximate surface area is 227 Å². The van der Waals surface area contributed by atoms with Crippen LogP contribution in [-0.4, -0.2) is 68.9 Å². The first-order valence-electron chi connectivity index (χ1n) is 13.1. The number of aliphatic carboxylic acids is 1. The molecule has 2 aliphatic rings. The third-order valence-electron chi connectivity index (χ3n) is 7.73. The van der Waals surface area contributed by atoms with Crippen LogP contribution < -0.4 is 0 Å². The highest BCUT2D eigenvalue weighted by atomic mass is 32.1. The maximum Gasteiger partial charge on any atom is 0.328 e. The summed E-state index contributed by atoms with van der Waals surface area (Å²) in [5.74, 6) is -1.92. The van der Waals surface area contributed by atoms with Gasteiger partial charge in [-0.1, -0.05) is 60.7 Å². The lowest BCUT2D eigenvalue weighted by Crippen LogP contribution is -2.66. The van der Waals surface area contributed by atoms with Crippen molar-refractivity contribution in [3.8, 4) is 0 Å². The molecule has 2 fully saturated rings. The van der Waals surface area contributed by atoms with Crippen molar-refractivity contribution < 1.29 is 19.5 Å². The number of fused-ring (bicyclic) bond motifs is 2. The first-order valence-corrected chi connectivity index (χ1v) is 14.0. The summed E-state index contributed by atoms with van der Waals surface area (Å²) in [5.41, 5.74) is 2.72. The van der Waals surface area contributed by atoms with Gasteiger partial charge in [-0.05, 0) is 54.8 Å². The van der Waals surface area contributed by atoms with Crippen LogP contribution in [0.25, 0.3) is 0 Å². The molecule has 2 saturated heterocycles. The molecule has 2 aliphatic heterocycles. The minimum atomic E-state index is -1.10. The average Bonchev–Trinajstić information content (AvgIpc) is 3.48. The van der Waals surface area contributed by atoms with Crippen LogP contribution >= 0.6 is 11.3 Å². The maximum absolute atomic E-state index is 14.2. The molecule has 1 aromatic heterocycles. The highest BCUT2D eigenvalue weighted by Crippen LogP contribution is 2.38. The zero-order valence-electron chi connectivity index (χ0n) is 21.7. The minimum absolute atomic E-state index is 0.148. The van der Waals surface area contributed by atoms with Crippen molar-refractivity contribution >= 4 is 29.2 Å². The van der Waals surface area contributed by atoms with Gasteiger partial charge in [0.1, 0.15) is 6.04 Å². The second-order valence-electron chi connectivity index (χ2n) is 10.1. The van der Waals surface area contributed by atoms with E-state index in [1.165, 1.54) is 9.78 Å². The number of thiophene rings is 1. The predicted molar refractivity (Wildman–Crippen MR) is 147 cm³/mol. The Hall–Kier alpha value is -3.65. The molecule has 0 aliphatic carbocycles. The first kappa shape index (κ1) is 26.0.